The third-order valence-corrected chi connectivity index (χ3v) is 6.07. The largest absolute Gasteiger partial charge is 0.490 e. The van der Waals surface area contributed by atoms with Gasteiger partial charge in [-0.15, -0.1) is 0 Å². The lowest BCUT2D eigenvalue weighted by Crippen LogP contribution is -2.40. The molecule has 1 amide bonds. The van der Waals surface area contributed by atoms with Crippen molar-refractivity contribution in [2.45, 2.75) is 33.1 Å². The van der Waals surface area contributed by atoms with Crippen LogP contribution in [-0.4, -0.2) is 57.7 Å². The fourth-order valence-electron chi connectivity index (χ4n) is 3.15. The molecule has 0 radical (unpaired) electrons. The molecule has 1 aromatic rings. The summed E-state index contributed by atoms with van der Waals surface area (Å²) in [6.07, 6.45) is 6.92. The second-order valence-corrected chi connectivity index (χ2v) is 9.15. The monoisotopic (exact) mass is 424 g/mol. The lowest BCUT2D eigenvalue weighted by Gasteiger charge is -2.30. The number of nitrogens with one attached hydrogen (secondary N) is 1. The number of carbonyl (C=O) groups is 1. The van der Waals surface area contributed by atoms with Crippen molar-refractivity contribution in [1.82, 2.24) is 9.62 Å². The maximum atomic E-state index is 12.1. The van der Waals surface area contributed by atoms with Gasteiger partial charge in [0.25, 0.3) is 0 Å². The average Bonchev–Trinajstić information content (AvgIpc) is 2.70. The average molecular weight is 425 g/mol. The van der Waals surface area contributed by atoms with Crippen molar-refractivity contribution in [2.24, 2.45) is 5.92 Å². The molecule has 1 aliphatic heterocycles. The smallest absolute Gasteiger partial charge is 0.244 e. The van der Waals surface area contributed by atoms with Gasteiger partial charge >= 0.3 is 0 Å². The number of amides is 1. The van der Waals surface area contributed by atoms with Gasteiger partial charge in [-0.05, 0) is 55.9 Å². The Kier molecular flexibility index (Phi) is 8.98. The van der Waals surface area contributed by atoms with Crippen LogP contribution in [0.3, 0.4) is 0 Å². The molecule has 0 aromatic heterocycles. The van der Waals surface area contributed by atoms with E-state index < -0.39 is 10.0 Å². The molecule has 1 fully saturated rings. The van der Waals surface area contributed by atoms with Gasteiger partial charge in [-0.3, -0.25) is 4.79 Å². The molecule has 0 atom stereocenters. The van der Waals surface area contributed by atoms with Gasteiger partial charge in [0.1, 0.15) is 0 Å². The van der Waals surface area contributed by atoms with Crippen molar-refractivity contribution in [2.75, 3.05) is 39.1 Å². The molecule has 7 nitrogen and oxygen atoms in total. The SMILES string of the molecule is CCCOc1ccc(/C=C/C(=O)NCC2CCN(S(C)(=O)=O)CC2)cc1OCC. The van der Waals surface area contributed by atoms with E-state index in [1.54, 1.807) is 6.08 Å². The molecule has 162 valence electrons. The molecule has 1 heterocycles. The van der Waals surface area contributed by atoms with E-state index in [9.17, 15) is 13.2 Å². The zero-order valence-corrected chi connectivity index (χ0v) is 18.3. The van der Waals surface area contributed by atoms with Crippen molar-refractivity contribution < 1.29 is 22.7 Å². The Morgan fingerprint density at radius 3 is 2.55 bits per heavy atom. The number of sulfonamides is 1. The molecule has 1 aromatic carbocycles. The Labute approximate surface area is 174 Å². The minimum Gasteiger partial charge on any atom is -0.490 e. The first-order valence-electron chi connectivity index (χ1n) is 10.1. The summed E-state index contributed by atoms with van der Waals surface area (Å²) < 4.78 is 35.9. The fourth-order valence-corrected chi connectivity index (χ4v) is 4.02. The number of hydrogen-bond acceptors (Lipinski definition) is 5. The molecular formula is C21H32N2O5S. The molecule has 0 bridgehead atoms. The molecule has 8 heteroatoms. The summed E-state index contributed by atoms with van der Waals surface area (Å²) >= 11 is 0. The molecule has 29 heavy (non-hydrogen) atoms. The summed E-state index contributed by atoms with van der Waals surface area (Å²) in [6.45, 7) is 6.71. The number of nitrogens with zero attached hydrogens (tertiary/aromatic N) is 1. The first-order valence-corrected chi connectivity index (χ1v) is 12.0. The third kappa shape index (κ3) is 7.70. The van der Waals surface area contributed by atoms with Crippen molar-refractivity contribution >= 4 is 22.0 Å². The molecule has 1 saturated heterocycles. The van der Waals surface area contributed by atoms with Crippen LogP contribution < -0.4 is 14.8 Å². The van der Waals surface area contributed by atoms with Crippen molar-refractivity contribution in [3.05, 3.63) is 29.8 Å². The highest BCUT2D eigenvalue weighted by atomic mass is 32.2. The van der Waals surface area contributed by atoms with Gasteiger partial charge < -0.3 is 14.8 Å². The molecule has 1 N–H and O–H groups in total. The maximum absolute atomic E-state index is 12.1. The number of carbonyl (C=O) groups excluding carboxylic acids is 1. The van der Waals surface area contributed by atoms with E-state index >= 15 is 0 Å². The maximum Gasteiger partial charge on any atom is 0.244 e. The Bertz CT molecular complexity index is 799. The van der Waals surface area contributed by atoms with E-state index in [4.69, 9.17) is 9.47 Å². The van der Waals surface area contributed by atoms with Crippen LogP contribution in [0.25, 0.3) is 6.08 Å². The van der Waals surface area contributed by atoms with E-state index in [-0.39, 0.29) is 5.91 Å². The van der Waals surface area contributed by atoms with E-state index in [1.807, 2.05) is 32.0 Å². The van der Waals surface area contributed by atoms with E-state index in [2.05, 4.69) is 5.32 Å². The molecule has 0 unspecified atom stereocenters. The second kappa shape index (κ2) is 11.2. The predicted molar refractivity (Wildman–Crippen MR) is 115 cm³/mol. The first kappa shape index (κ1) is 23.2. The van der Waals surface area contributed by atoms with Crippen LogP contribution in [0.2, 0.25) is 0 Å². The van der Waals surface area contributed by atoms with Crippen molar-refractivity contribution in [3.8, 4) is 11.5 Å². The summed E-state index contributed by atoms with van der Waals surface area (Å²) in [6, 6.07) is 5.60. The number of hydrogen-bond donors (Lipinski definition) is 1. The van der Waals surface area contributed by atoms with E-state index in [1.165, 1.54) is 16.6 Å². The minimum atomic E-state index is -3.12. The Hall–Kier alpha value is -2.06. The quantitative estimate of drug-likeness (QED) is 0.584. The Morgan fingerprint density at radius 2 is 1.93 bits per heavy atom. The molecule has 0 aliphatic carbocycles. The molecule has 0 spiro atoms. The topological polar surface area (TPSA) is 84.9 Å². The van der Waals surface area contributed by atoms with Crippen LogP contribution in [0.1, 0.15) is 38.7 Å². The van der Waals surface area contributed by atoms with Gasteiger partial charge in [-0.1, -0.05) is 13.0 Å². The highest BCUT2D eigenvalue weighted by molar-refractivity contribution is 7.88. The zero-order valence-electron chi connectivity index (χ0n) is 17.5. The van der Waals surface area contributed by atoms with E-state index in [0.29, 0.717) is 50.3 Å². The van der Waals surface area contributed by atoms with Crippen molar-refractivity contribution in [3.63, 3.8) is 0 Å². The summed E-state index contributed by atoms with van der Waals surface area (Å²) in [5, 5.41) is 2.91. The number of benzene rings is 1. The standard InChI is InChI=1S/C21H32N2O5S/c1-4-14-28-19-8-6-17(15-20(19)27-5-2)7-9-21(24)22-16-18-10-12-23(13-11-18)29(3,25)26/h6-9,15,18H,4-5,10-14,16H2,1-3H3,(H,22,24)/b9-7+. The van der Waals surface area contributed by atoms with Gasteiger partial charge in [-0.25, -0.2) is 12.7 Å². The minimum absolute atomic E-state index is 0.167. The predicted octanol–water partition coefficient (Wildman–Crippen LogP) is 2.68. The van der Waals surface area contributed by atoms with Crippen LogP contribution in [0.5, 0.6) is 11.5 Å². The summed E-state index contributed by atoms with van der Waals surface area (Å²) in [5.74, 6) is 1.50. The van der Waals surface area contributed by atoms with Crippen LogP contribution in [-0.2, 0) is 14.8 Å². The summed E-state index contributed by atoms with van der Waals surface area (Å²) in [5.41, 5.74) is 0.855. The van der Waals surface area contributed by atoms with Gasteiger partial charge in [0.15, 0.2) is 11.5 Å². The number of piperidine rings is 1. The fraction of sp³-hybridized carbons (Fsp3) is 0.571. The van der Waals surface area contributed by atoms with Crippen LogP contribution in [0.15, 0.2) is 24.3 Å². The van der Waals surface area contributed by atoms with Crippen LogP contribution >= 0.6 is 0 Å². The zero-order chi connectivity index (χ0) is 21.3. The molecule has 0 saturated carbocycles. The Balaban J connectivity index is 1.85. The van der Waals surface area contributed by atoms with Crippen LogP contribution in [0, 0.1) is 5.92 Å². The van der Waals surface area contributed by atoms with Crippen LogP contribution in [0.4, 0.5) is 0 Å². The third-order valence-electron chi connectivity index (χ3n) is 4.76. The van der Waals surface area contributed by atoms with Crippen molar-refractivity contribution in [1.29, 1.82) is 0 Å². The highest BCUT2D eigenvalue weighted by Crippen LogP contribution is 2.29. The lowest BCUT2D eigenvalue weighted by molar-refractivity contribution is -0.116. The van der Waals surface area contributed by atoms with Gasteiger partial charge in [0, 0.05) is 25.7 Å². The van der Waals surface area contributed by atoms with Gasteiger partial charge in [0.2, 0.25) is 15.9 Å². The number of rotatable bonds is 10. The lowest BCUT2D eigenvalue weighted by atomic mass is 9.98. The normalized spacial score (nSPS) is 16.1. The summed E-state index contributed by atoms with van der Waals surface area (Å²) in [4.78, 5) is 12.1. The summed E-state index contributed by atoms with van der Waals surface area (Å²) in [7, 11) is -3.12. The number of ether oxygens (including phenoxy) is 2. The highest BCUT2D eigenvalue weighted by Gasteiger charge is 2.24. The Morgan fingerprint density at radius 1 is 1.21 bits per heavy atom. The first-order chi connectivity index (χ1) is 13.8. The van der Waals surface area contributed by atoms with Gasteiger partial charge in [0.05, 0.1) is 19.5 Å². The van der Waals surface area contributed by atoms with E-state index in [0.717, 1.165) is 24.8 Å². The molecule has 2 rings (SSSR count). The molecular weight excluding hydrogens is 392 g/mol. The van der Waals surface area contributed by atoms with Gasteiger partial charge in [-0.2, -0.15) is 0 Å². The second-order valence-electron chi connectivity index (χ2n) is 7.17. The molecule has 1 aliphatic rings.